The number of hydrogen-bond donors (Lipinski definition) is 2. The molecule has 0 unspecified atom stereocenters. The SMILES string of the molecule is Nc1cc(=O)[nH]c(Sc2ncnc(Cl)c2C=O)n1. The molecule has 0 saturated heterocycles. The summed E-state index contributed by atoms with van der Waals surface area (Å²) >= 11 is 6.71. The lowest BCUT2D eigenvalue weighted by atomic mass is 10.4. The Labute approximate surface area is 110 Å². The van der Waals surface area contributed by atoms with E-state index in [2.05, 4.69) is 19.9 Å². The number of rotatable bonds is 3. The van der Waals surface area contributed by atoms with Gasteiger partial charge in [-0.2, -0.15) is 0 Å². The first kappa shape index (κ1) is 12.5. The maximum atomic E-state index is 11.2. The van der Waals surface area contributed by atoms with Gasteiger partial charge < -0.3 is 10.7 Å². The number of carbonyl (C=O) groups excluding carboxylic acids is 1. The Balaban J connectivity index is 2.42. The highest BCUT2D eigenvalue weighted by Crippen LogP contribution is 2.27. The number of nitrogen functional groups attached to an aromatic ring is 1. The molecule has 0 aromatic carbocycles. The number of aromatic amines is 1. The third kappa shape index (κ3) is 2.66. The normalized spacial score (nSPS) is 10.3. The van der Waals surface area contributed by atoms with E-state index in [1.165, 1.54) is 6.33 Å². The molecule has 0 bridgehead atoms. The third-order valence-electron chi connectivity index (χ3n) is 1.85. The van der Waals surface area contributed by atoms with Gasteiger partial charge >= 0.3 is 0 Å². The van der Waals surface area contributed by atoms with Gasteiger partial charge in [-0.15, -0.1) is 0 Å². The summed E-state index contributed by atoms with van der Waals surface area (Å²) in [6.45, 7) is 0. The van der Waals surface area contributed by atoms with E-state index in [0.29, 0.717) is 11.3 Å². The lowest BCUT2D eigenvalue weighted by Crippen LogP contribution is -2.09. The van der Waals surface area contributed by atoms with Crippen LogP contribution in [0, 0.1) is 0 Å². The molecule has 7 nitrogen and oxygen atoms in total. The van der Waals surface area contributed by atoms with Crippen LogP contribution in [0.2, 0.25) is 5.15 Å². The number of aldehydes is 1. The van der Waals surface area contributed by atoms with Crippen LogP contribution in [-0.2, 0) is 0 Å². The molecule has 0 radical (unpaired) electrons. The van der Waals surface area contributed by atoms with Crippen LogP contribution in [0.4, 0.5) is 5.82 Å². The van der Waals surface area contributed by atoms with E-state index < -0.39 is 5.56 Å². The lowest BCUT2D eigenvalue weighted by molar-refractivity contribution is 0.112. The Morgan fingerprint density at radius 2 is 2.22 bits per heavy atom. The van der Waals surface area contributed by atoms with E-state index >= 15 is 0 Å². The molecule has 3 N–H and O–H groups in total. The Kier molecular flexibility index (Phi) is 3.58. The molecule has 92 valence electrons. The predicted molar refractivity (Wildman–Crippen MR) is 65.8 cm³/mol. The summed E-state index contributed by atoms with van der Waals surface area (Å²) in [5.41, 5.74) is 5.18. The second-order valence-corrected chi connectivity index (χ2v) is 4.41. The molecule has 0 aliphatic heterocycles. The van der Waals surface area contributed by atoms with Crippen molar-refractivity contribution in [2.75, 3.05) is 5.73 Å². The van der Waals surface area contributed by atoms with Gasteiger partial charge in [-0.05, 0) is 11.8 Å². The van der Waals surface area contributed by atoms with Gasteiger partial charge in [0.05, 0.1) is 5.56 Å². The van der Waals surface area contributed by atoms with E-state index in [4.69, 9.17) is 17.3 Å². The standard InChI is InChI=1S/C9H6ClN5O2S/c10-7-4(2-16)8(13-3-12-7)18-9-14-5(11)1-6(17)15-9/h1-3H,(H3,11,14,15,17). The number of aromatic nitrogens is 4. The Hall–Kier alpha value is -1.93. The fourth-order valence-electron chi connectivity index (χ4n) is 1.13. The zero-order valence-electron chi connectivity index (χ0n) is 8.75. The molecular formula is C9H6ClN5O2S. The summed E-state index contributed by atoms with van der Waals surface area (Å²) in [6, 6.07) is 1.15. The number of hydrogen-bond acceptors (Lipinski definition) is 7. The molecule has 0 amide bonds. The molecule has 0 aliphatic rings. The highest BCUT2D eigenvalue weighted by molar-refractivity contribution is 7.99. The topological polar surface area (TPSA) is 115 Å². The summed E-state index contributed by atoms with van der Waals surface area (Å²) in [5, 5.41) is 0.547. The quantitative estimate of drug-likeness (QED) is 0.485. The van der Waals surface area contributed by atoms with Gasteiger partial charge in [-0.1, -0.05) is 11.6 Å². The Bertz CT molecular complexity index is 660. The maximum Gasteiger partial charge on any atom is 0.253 e. The fraction of sp³-hybridized carbons (Fsp3) is 0. The van der Waals surface area contributed by atoms with Gasteiger partial charge in [0.2, 0.25) is 0 Å². The summed E-state index contributed by atoms with van der Waals surface area (Å²) in [5.74, 6) is 0.0778. The van der Waals surface area contributed by atoms with Gasteiger partial charge in [-0.3, -0.25) is 9.59 Å². The second-order valence-electron chi connectivity index (χ2n) is 3.08. The van der Waals surface area contributed by atoms with Gasteiger partial charge in [0.1, 0.15) is 22.3 Å². The van der Waals surface area contributed by atoms with Crippen LogP contribution in [0.15, 0.2) is 27.4 Å². The molecule has 0 atom stereocenters. The van der Waals surface area contributed by atoms with Crippen LogP contribution >= 0.6 is 23.4 Å². The van der Waals surface area contributed by atoms with E-state index in [1.54, 1.807) is 0 Å². The first-order chi connectivity index (χ1) is 8.60. The minimum atomic E-state index is -0.391. The van der Waals surface area contributed by atoms with Crippen molar-refractivity contribution in [1.82, 2.24) is 19.9 Å². The number of H-pyrrole nitrogens is 1. The van der Waals surface area contributed by atoms with Gasteiger partial charge in [0, 0.05) is 6.07 Å². The second kappa shape index (κ2) is 5.15. The number of anilines is 1. The fourth-order valence-corrected chi connectivity index (χ4v) is 2.21. The average Bonchev–Trinajstić information content (AvgIpc) is 2.27. The van der Waals surface area contributed by atoms with Crippen LogP contribution < -0.4 is 11.3 Å². The van der Waals surface area contributed by atoms with Crippen molar-refractivity contribution in [3.8, 4) is 0 Å². The van der Waals surface area contributed by atoms with Crippen molar-refractivity contribution < 1.29 is 4.79 Å². The molecule has 9 heteroatoms. The smallest absolute Gasteiger partial charge is 0.253 e. The highest BCUT2D eigenvalue weighted by atomic mass is 35.5. The molecule has 2 aromatic heterocycles. The molecule has 0 aliphatic carbocycles. The molecule has 0 saturated carbocycles. The summed E-state index contributed by atoms with van der Waals surface area (Å²) < 4.78 is 0. The first-order valence-corrected chi connectivity index (χ1v) is 5.80. The van der Waals surface area contributed by atoms with Crippen molar-refractivity contribution in [2.45, 2.75) is 10.2 Å². The Morgan fingerprint density at radius 1 is 1.44 bits per heavy atom. The number of nitrogens with two attached hydrogens (primary N) is 1. The van der Waals surface area contributed by atoms with E-state index in [0.717, 1.165) is 17.8 Å². The molecule has 2 rings (SSSR count). The van der Waals surface area contributed by atoms with Gasteiger partial charge in [0.15, 0.2) is 11.4 Å². The monoisotopic (exact) mass is 283 g/mol. The molecule has 18 heavy (non-hydrogen) atoms. The van der Waals surface area contributed by atoms with Crippen LogP contribution in [-0.4, -0.2) is 26.2 Å². The van der Waals surface area contributed by atoms with Crippen molar-refractivity contribution in [3.05, 3.63) is 33.5 Å². The van der Waals surface area contributed by atoms with Crippen molar-refractivity contribution in [3.63, 3.8) is 0 Å². The minimum Gasteiger partial charge on any atom is -0.383 e. The predicted octanol–water partition coefficient (Wildman–Crippen LogP) is 0.759. The molecule has 0 spiro atoms. The number of halogens is 1. The number of nitrogens with zero attached hydrogens (tertiary/aromatic N) is 3. The molecule has 2 heterocycles. The summed E-state index contributed by atoms with van der Waals surface area (Å²) in [7, 11) is 0. The number of nitrogens with one attached hydrogen (secondary N) is 1. The maximum absolute atomic E-state index is 11.2. The van der Waals surface area contributed by atoms with Crippen molar-refractivity contribution in [1.29, 1.82) is 0 Å². The van der Waals surface area contributed by atoms with Crippen molar-refractivity contribution >= 4 is 35.5 Å². The Morgan fingerprint density at radius 3 is 2.89 bits per heavy atom. The minimum absolute atomic E-state index is 0.0359. The van der Waals surface area contributed by atoms with Crippen LogP contribution in [0.25, 0.3) is 0 Å². The van der Waals surface area contributed by atoms with E-state index in [-0.39, 0.29) is 21.7 Å². The molecule has 0 fully saturated rings. The van der Waals surface area contributed by atoms with E-state index in [1.807, 2.05) is 0 Å². The van der Waals surface area contributed by atoms with E-state index in [9.17, 15) is 9.59 Å². The van der Waals surface area contributed by atoms with Crippen LogP contribution in [0.3, 0.4) is 0 Å². The molecular weight excluding hydrogens is 278 g/mol. The first-order valence-electron chi connectivity index (χ1n) is 4.60. The van der Waals surface area contributed by atoms with Gasteiger partial charge in [-0.25, -0.2) is 15.0 Å². The zero-order valence-corrected chi connectivity index (χ0v) is 10.3. The highest BCUT2D eigenvalue weighted by Gasteiger charge is 2.12. The third-order valence-corrected chi connectivity index (χ3v) is 3.06. The largest absolute Gasteiger partial charge is 0.383 e. The zero-order chi connectivity index (χ0) is 13.1. The average molecular weight is 284 g/mol. The molecule has 2 aromatic rings. The van der Waals surface area contributed by atoms with Gasteiger partial charge in [0.25, 0.3) is 5.56 Å². The van der Waals surface area contributed by atoms with Crippen LogP contribution in [0.1, 0.15) is 10.4 Å². The van der Waals surface area contributed by atoms with Crippen LogP contribution in [0.5, 0.6) is 0 Å². The summed E-state index contributed by atoms with van der Waals surface area (Å²) in [6.07, 6.45) is 1.75. The van der Waals surface area contributed by atoms with Crippen molar-refractivity contribution in [2.24, 2.45) is 0 Å². The summed E-state index contributed by atoms with van der Waals surface area (Å²) in [4.78, 5) is 36.0. The number of carbonyl (C=O) groups is 1. The lowest BCUT2D eigenvalue weighted by Gasteiger charge is -2.03.